The smallest absolute Gasteiger partial charge is 0.272 e. The van der Waals surface area contributed by atoms with Crippen LogP contribution in [0.25, 0.3) is 0 Å². The van der Waals surface area contributed by atoms with Crippen LogP contribution in [0.3, 0.4) is 0 Å². The van der Waals surface area contributed by atoms with E-state index in [0.29, 0.717) is 12.1 Å². The van der Waals surface area contributed by atoms with Gasteiger partial charge in [0.1, 0.15) is 5.82 Å². The number of hydrogen-bond donors (Lipinski definition) is 1. The van der Waals surface area contributed by atoms with Gasteiger partial charge in [0.15, 0.2) is 0 Å². The van der Waals surface area contributed by atoms with Crippen molar-refractivity contribution in [3.8, 4) is 0 Å². The molecule has 1 fully saturated rings. The first kappa shape index (κ1) is 14.8. The van der Waals surface area contributed by atoms with E-state index in [4.69, 9.17) is 5.73 Å². The lowest BCUT2D eigenvalue weighted by molar-refractivity contribution is -0.385. The number of rotatable bonds is 3. The van der Waals surface area contributed by atoms with Gasteiger partial charge in [-0.2, -0.15) is 0 Å². The lowest BCUT2D eigenvalue weighted by atomic mass is 10.2. The van der Waals surface area contributed by atoms with Crippen molar-refractivity contribution >= 4 is 18.1 Å². The van der Waals surface area contributed by atoms with Crippen molar-refractivity contribution in [2.45, 2.75) is 19.0 Å². The van der Waals surface area contributed by atoms with Gasteiger partial charge in [-0.05, 0) is 12.5 Å². The number of hydrogen-bond acceptors (Lipinski definition) is 4. The highest BCUT2D eigenvalue weighted by atomic mass is 35.5. The molecule has 1 saturated heterocycles. The third-order valence-electron chi connectivity index (χ3n) is 2.95. The normalized spacial score (nSPS) is 19.6. The first-order valence-corrected chi connectivity index (χ1v) is 5.47. The number of nitro groups is 1. The molecule has 1 aromatic rings. The predicted octanol–water partition coefficient (Wildman–Crippen LogP) is 1.69. The second kappa shape index (κ2) is 6.08. The molecule has 1 atom stereocenters. The van der Waals surface area contributed by atoms with Gasteiger partial charge in [0.25, 0.3) is 5.69 Å². The van der Waals surface area contributed by atoms with Crippen LogP contribution in [-0.2, 0) is 6.54 Å². The fourth-order valence-electron chi connectivity index (χ4n) is 2.03. The second-order valence-electron chi connectivity index (χ2n) is 4.32. The number of nitrogens with zero attached hydrogens (tertiary/aromatic N) is 2. The molecule has 100 valence electrons. The molecule has 1 heterocycles. The number of halogens is 2. The topological polar surface area (TPSA) is 72.4 Å². The van der Waals surface area contributed by atoms with E-state index in [1.165, 1.54) is 12.1 Å². The Kier molecular flexibility index (Phi) is 5.01. The minimum Gasteiger partial charge on any atom is -0.326 e. The quantitative estimate of drug-likeness (QED) is 0.673. The molecule has 0 aromatic heterocycles. The fourth-order valence-corrected chi connectivity index (χ4v) is 2.03. The number of nitrogens with two attached hydrogens (primary N) is 1. The zero-order valence-corrected chi connectivity index (χ0v) is 10.5. The maximum absolute atomic E-state index is 13.6. The maximum Gasteiger partial charge on any atom is 0.272 e. The highest BCUT2D eigenvalue weighted by Gasteiger charge is 2.20. The van der Waals surface area contributed by atoms with Crippen molar-refractivity contribution in [2.75, 3.05) is 13.1 Å². The van der Waals surface area contributed by atoms with Crippen LogP contribution in [0.5, 0.6) is 0 Å². The van der Waals surface area contributed by atoms with Gasteiger partial charge in [-0.15, -0.1) is 12.4 Å². The van der Waals surface area contributed by atoms with E-state index in [1.807, 2.05) is 0 Å². The summed E-state index contributed by atoms with van der Waals surface area (Å²) < 4.78 is 13.6. The molecule has 0 bridgehead atoms. The van der Waals surface area contributed by atoms with Crippen molar-refractivity contribution in [2.24, 2.45) is 5.73 Å². The van der Waals surface area contributed by atoms with Gasteiger partial charge in [0, 0.05) is 37.3 Å². The van der Waals surface area contributed by atoms with Gasteiger partial charge >= 0.3 is 0 Å². The molecule has 1 aliphatic rings. The number of likely N-dealkylation sites (tertiary alicyclic amines) is 1. The Bertz CT molecular complexity index is 444. The summed E-state index contributed by atoms with van der Waals surface area (Å²) in [5, 5.41) is 10.5. The molecule has 0 aliphatic carbocycles. The van der Waals surface area contributed by atoms with Crippen molar-refractivity contribution in [3.63, 3.8) is 0 Å². The van der Waals surface area contributed by atoms with E-state index >= 15 is 0 Å². The Morgan fingerprint density at radius 1 is 1.56 bits per heavy atom. The Labute approximate surface area is 110 Å². The molecule has 5 nitrogen and oxygen atoms in total. The molecule has 18 heavy (non-hydrogen) atoms. The fraction of sp³-hybridized carbons (Fsp3) is 0.455. The molecule has 0 radical (unpaired) electrons. The molecular weight excluding hydrogens is 261 g/mol. The first-order valence-electron chi connectivity index (χ1n) is 5.47. The van der Waals surface area contributed by atoms with Gasteiger partial charge < -0.3 is 5.73 Å². The predicted molar refractivity (Wildman–Crippen MR) is 68.2 cm³/mol. The third-order valence-corrected chi connectivity index (χ3v) is 2.95. The zero-order chi connectivity index (χ0) is 12.4. The SMILES string of the molecule is Cl.N[C@@H]1CCN(Cc2ccc([N+](=O)[O-])cc2F)C1. The van der Waals surface area contributed by atoms with Crippen LogP contribution in [0.2, 0.25) is 0 Å². The standard InChI is InChI=1S/C11H14FN3O2.ClH/c12-11-5-10(15(16)17)2-1-8(11)6-14-4-3-9(13)7-14;/h1-2,5,9H,3-4,6-7,13H2;1H/t9-;/m1./s1. The Hall–Kier alpha value is -1.24. The van der Waals surface area contributed by atoms with Crippen LogP contribution in [0.15, 0.2) is 18.2 Å². The maximum atomic E-state index is 13.6. The molecule has 0 unspecified atom stereocenters. The molecule has 0 spiro atoms. The van der Waals surface area contributed by atoms with E-state index in [-0.39, 0.29) is 24.1 Å². The van der Waals surface area contributed by atoms with Crippen molar-refractivity contribution < 1.29 is 9.31 Å². The number of non-ortho nitro benzene ring substituents is 1. The van der Waals surface area contributed by atoms with Gasteiger partial charge in [-0.1, -0.05) is 0 Å². The number of nitro benzene ring substituents is 1. The van der Waals surface area contributed by atoms with Crippen molar-refractivity contribution in [3.05, 3.63) is 39.7 Å². The first-order chi connectivity index (χ1) is 8.06. The number of benzene rings is 1. The van der Waals surface area contributed by atoms with E-state index < -0.39 is 10.7 Å². The van der Waals surface area contributed by atoms with E-state index in [1.54, 1.807) is 0 Å². The Morgan fingerprint density at radius 3 is 2.78 bits per heavy atom. The van der Waals surface area contributed by atoms with Gasteiger partial charge in [-0.25, -0.2) is 4.39 Å². The minimum atomic E-state index is -0.599. The summed E-state index contributed by atoms with van der Waals surface area (Å²) in [6.07, 6.45) is 0.911. The lowest BCUT2D eigenvalue weighted by Gasteiger charge is -2.15. The van der Waals surface area contributed by atoms with E-state index in [0.717, 1.165) is 25.6 Å². The third kappa shape index (κ3) is 3.38. The summed E-state index contributed by atoms with van der Waals surface area (Å²) in [7, 11) is 0. The molecule has 7 heteroatoms. The van der Waals surface area contributed by atoms with Crippen LogP contribution < -0.4 is 5.73 Å². The lowest BCUT2D eigenvalue weighted by Crippen LogP contribution is -2.26. The molecule has 1 aromatic carbocycles. The molecule has 0 amide bonds. The largest absolute Gasteiger partial charge is 0.326 e. The second-order valence-corrected chi connectivity index (χ2v) is 4.32. The van der Waals surface area contributed by atoms with Crippen LogP contribution in [0.1, 0.15) is 12.0 Å². The van der Waals surface area contributed by atoms with Crippen molar-refractivity contribution in [1.29, 1.82) is 0 Å². The summed E-state index contributed by atoms with van der Waals surface area (Å²) in [4.78, 5) is 11.9. The molecule has 2 N–H and O–H groups in total. The minimum absolute atomic E-state index is 0. The van der Waals surface area contributed by atoms with Crippen LogP contribution >= 0.6 is 12.4 Å². The average Bonchev–Trinajstić information content (AvgIpc) is 2.67. The summed E-state index contributed by atoms with van der Waals surface area (Å²) >= 11 is 0. The van der Waals surface area contributed by atoms with E-state index in [2.05, 4.69) is 4.90 Å². The van der Waals surface area contributed by atoms with E-state index in [9.17, 15) is 14.5 Å². The van der Waals surface area contributed by atoms with Crippen molar-refractivity contribution in [1.82, 2.24) is 4.90 Å². The average molecular weight is 276 g/mol. The zero-order valence-electron chi connectivity index (χ0n) is 9.71. The Balaban J connectivity index is 0.00000162. The highest BCUT2D eigenvalue weighted by molar-refractivity contribution is 5.85. The summed E-state index contributed by atoms with van der Waals surface area (Å²) in [6, 6.07) is 3.91. The molecule has 1 aliphatic heterocycles. The van der Waals surface area contributed by atoms with Gasteiger partial charge in [0.2, 0.25) is 0 Å². The van der Waals surface area contributed by atoms with Crippen LogP contribution in [0, 0.1) is 15.9 Å². The van der Waals surface area contributed by atoms with Crippen LogP contribution in [0.4, 0.5) is 10.1 Å². The Morgan fingerprint density at radius 2 is 2.28 bits per heavy atom. The molecule has 0 saturated carbocycles. The molecular formula is C11H15ClFN3O2. The summed E-state index contributed by atoms with van der Waals surface area (Å²) in [5.41, 5.74) is 6.01. The monoisotopic (exact) mass is 275 g/mol. The van der Waals surface area contributed by atoms with Gasteiger partial charge in [-0.3, -0.25) is 15.0 Å². The summed E-state index contributed by atoms with van der Waals surface area (Å²) in [6.45, 7) is 2.05. The molecule has 2 rings (SSSR count). The highest BCUT2D eigenvalue weighted by Crippen LogP contribution is 2.19. The van der Waals surface area contributed by atoms with Gasteiger partial charge in [0.05, 0.1) is 11.0 Å². The summed E-state index contributed by atoms with van der Waals surface area (Å²) in [5.74, 6) is -0.528. The van der Waals surface area contributed by atoms with Crippen LogP contribution in [-0.4, -0.2) is 29.0 Å².